The number of aliphatic carboxylic acids is 1. The molecular weight excluding hydrogens is 366 g/mol. The van der Waals surface area contributed by atoms with E-state index in [9.17, 15) is 15.0 Å². The van der Waals surface area contributed by atoms with Crippen LogP contribution in [0.5, 0.6) is 0 Å². The van der Waals surface area contributed by atoms with Crippen LogP contribution in [0.4, 0.5) is 0 Å². The van der Waals surface area contributed by atoms with E-state index in [1.165, 1.54) is 0 Å². The van der Waals surface area contributed by atoms with Crippen LogP contribution >= 0.6 is 11.8 Å². The summed E-state index contributed by atoms with van der Waals surface area (Å²) in [6.45, 7) is 2.14. The highest BCUT2D eigenvalue weighted by atomic mass is 32.2. The van der Waals surface area contributed by atoms with Gasteiger partial charge >= 0.3 is 5.97 Å². The number of ether oxygens (including phenoxy) is 1. The second-order valence-electron chi connectivity index (χ2n) is 7.49. The Kier molecular flexibility index (Phi) is 8.79. The number of thioether (sulfide) groups is 1. The van der Waals surface area contributed by atoms with Crippen LogP contribution in [0.1, 0.15) is 64.7 Å². The summed E-state index contributed by atoms with van der Waals surface area (Å²) in [5.74, 6) is -0.886. The lowest BCUT2D eigenvalue weighted by Crippen LogP contribution is -2.34. The number of hydrogen-bond acceptors (Lipinski definition) is 6. The van der Waals surface area contributed by atoms with Crippen LogP contribution in [0.2, 0.25) is 0 Å². The molecule has 1 fully saturated rings. The number of aliphatic hydroxyl groups is 2. The number of unbranched alkanes of at least 4 members (excludes halogenated alkanes) is 3. The van der Waals surface area contributed by atoms with Crippen molar-refractivity contribution in [1.82, 2.24) is 0 Å². The molecule has 1 saturated carbocycles. The number of methoxy groups -OCH3 is 1. The smallest absolute Gasteiger partial charge is 0.303 e. The third kappa shape index (κ3) is 6.04. The summed E-state index contributed by atoms with van der Waals surface area (Å²) in [6, 6.07) is 0. The number of aliphatic hydroxyl groups excluding tert-OH is 2. The van der Waals surface area contributed by atoms with Crippen molar-refractivity contribution in [3.8, 4) is 0 Å². The fourth-order valence-corrected chi connectivity index (χ4v) is 5.44. The molecule has 0 aromatic rings. The van der Waals surface area contributed by atoms with Crippen molar-refractivity contribution in [2.24, 2.45) is 10.9 Å². The van der Waals surface area contributed by atoms with Crippen molar-refractivity contribution in [2.45, 2.75) is 87.9 Å². The highest BCUT2D eigenvalue weighted by Crippen LogP contribution is 2.51. The van der Waals surface area contributed by atoms with Crippen molar-refractivity contribution in [1.29, 1.82) is 0 Å². The van der Waals surface area contributed by atoms with Gasteiger partial charge in [0.25, 0.3) is 0 Å². The highest BCUT2D eigenvalue weighted by Gasteiger charge is 2.57. The molecule has 2 aliphatic rings. The Labute approximate surface area is 166 Å². The van der Waals surface area contributed by atoms with Gasteiger partial charge in [0.05, 0.1) is 22.5 Å². The average Bonchev–Trinajstić information content (AvgIpc) is 3.09. The minimum Gasteiger partial charge on any atom is -0.481 e. The lowest BCUT2D eigenvalue weighted by atomic mass is 10.0. The van der Waals surface area contributed by atoms with E-state index in [0.717, 1.165) is 43.6 Å². The summed E-state index contributed by atoms with van der Waals surface area (Å²) in [5, 5.41) is 30.4. The van der Waals surface area contributed by atoms with E-state index >= 15 is 0 Å². The standard InChI is InChI=1S/C20H33NO5S/c1-3-4-5-8-14(22)11-12-15-16(23)13-20(26-2)19(15)27-17(21-20)9-6-7-10-18(24)25/h11-12,14-16,19,22-23H,3-10,13H2,1-2H3,(H,24,25)/b12-11+/t14-,15-,16+,19+,20-/m0/s1. The monoisotopic (exact) mass is 399 g/mol. The van der Waals surface area contributed by atoms with Gasteiger partial charge in [-0.15, -0.1) is 11.8 Å². The second-order valence-corrected chi connectivity index (χ2v) is 8.71. The number of rotatable bonds is 12. The van der Waals surface area contributed by atoms with Gasteiger partial charge in [0, 0.05) is 25.9 Å². The van der Waals surface area contributed by atoms with Crippen molar-refractivity contribution in [3.63, 3.8) is 0 Å². The molecule has 0 bridgehead atoms. The molecule has 3 N–H and O–H groups in total. The molecule has 1 aliphatic carbocycles. The summed E-state index contributed by atoms with van der Waals surface area (Å²) in [4.78, 5) is 15.4. The molecule has 0 spiro atoms. The van der Waals surface area contributed by atoms with Crippen LogP contribution in [0.3, 0.4) is 0 Å². The summed E-state index contributed by atoms with van der Waals surface area (Å²) in [7, 11) is 1.63. The van der Waals surface area contributed by atoms with Gasteiger partial charge in [-0.2, -0.15) is 0 Å². The summed E-state index contributed by atoms with van der Waals surface area (Å²) >= 11 is 1.63. The Morgan fingerprint density at radius 1 is 1.41 bits per heavy atom. The largest absolute Gasteiger partial charge is 0.481 e. The van der Waals surface area contributed by atoms with E-state index in [2.05, 4.69) is 6.92 Å². The molecule has 2 rings (SSSR count). The molecule has 0 unspecified atom stereocenters. The number of aliphatic imine (C=N–C) groups is 1. The van der Waals surface area contributed by atoms with Crippen LogP contribution in [-0.4, -0.2) is 56.6 Å². The Hall–Kier alpha value is -0.890. The number of fused-ring (bicyclic) bond motifs is 1. The Balaban J connectivity index is 1.94. The SMILES string of the molecule is CCCCC[C@H](O)/C=C/[C@H]1[C@H](O)C[C@@]2(OC)N=C(CCCCC(=O)O)S[C@H]12. The zero-order valence-electron chi connectivity index (χ0n) is 16.3. The first-order valence-corrected chi connectivity index (χ1v) is 10.9. The molecular formula is C20H33NO5S. The van der Waals surface area contributed by atoms with Crippen LogP contribution in [-0.2, 0) is 9.53 Å². The van der Waals surface area contributed by atoms with E-state index in [1.807, 2.05) is 6.08 Å². The lowest BCUT2D eigenvalue weighted by molar-refractivity contribution is -0.137. The van der Waals surface area contributed by atoms with Crippen LogP contribution < -0.4 is 0 Å². The minimum absolute atomic E-state index is 0.00827. The normalized spacial score (nSPS) is 31.3. The van der Waals surface area contributed by atoms with Crippen molar-refractivity contribution in [3.05, 3.63) is 12.2 Å². The van der Waals surface area contributed by atoms with Gasteiger partial charge in [0.15, 0.2) is 5.72 Å². The molecule has 0 aromatic heterocycles. The van der Waals surface area contributed by atoms with Crippen LogP contribution in [0, 0.1) is 5.92 Å². The Morgan fingerprint density at radius 2 is 2.19 bits per heavy atom. The quantitative estimate of drug-likeness (QED) is 0.344. The van der Waals surface area contributed by atoms with E-state index < -0.39 is 23.9 Å². The third-order valence-electron chi connectivity index (χ3n) is 5.36. The molecule has 6 nitrogen and oxygen atoms in total. The van der Waals surface area contributed by atoms with E-state index in [0.29, 0.717) is 12.8 Å². The number of carboxylic acid groups (broad SMARTS) is 1. The molecule has 0 amide bonds. The number of carboxylic acids is 1. The molecule has 154 valence electrons. The fourth-order valence-electron chi connectivity index (χ4n) is 3.82. The van der Waals surface area contributed by atoms with Gasteiger partial charge in [0.2, 0.25) is 0 Å². The maximum absolute atomic E-state index is 10.6. The number of carbonyl (C=O) groups is 1. The fraction of sp³-hybridized carbons (Fsp3) is 0.800. The summed E-state index contributed by atoms with van der Waals surface area (Å²) in [6.07, 6.45) is 9.47. The molecule has 1 aliphatic heterocycles. The molecule has 0 saturated heterocycles. The van der Waals surface area contributed by atoms with Gasteiger partial charge < -0.3 is 20.1 Å². The number of hydrogen-bond donors (Lipinski definition) is 3. The topological polar surface area (TPSA) is 99.4 Å². The van der Waals surface area contributed by atoms with Crippen molar-refractivity contribution in [2.75, 3.05) is 7.11 Å². The van der Waals surface area contributed by atoms with Crippen LogP contribution in [0.25, 0.3) is 0 Å². The maximum atomic E-state index is 10.6. The first kappa shape index (κ1) is 22.4. The minimum atomic E-state index is -0.771. The molecule has 1 heterocycles. The van der Waals surface area contributed by atoms with Crippen molar-refractivity contribution < 1.29 is 24.9 Å². The number of nitrogens with zero attached hydrogens (tertiary/aromatic N) is 1. The van der Waals surface area contributed by atoms with Gasteiger partial charge in [-0.25, -0.2) is 4.99 Å². The Morgan fingerprint density at radius 3 is 2.85 bits per heavy atom. The zero-order valence-corrected chi connectivity index (χ0v) is 17.2. The van der Waals surface area contributed by atoms with Crippen molar-refractivity contribution >= 4 is 22.8 Å². The maximum Gasteiger partial charge on any atom is 0.303 e. The highest BCUT2D eigenvalue weighted by molar-refractivity contribution is 8.14. The van der Waals surface area contributed by atoms with Gasteiger partial charge in [-0.3, -0.25) is 4.79 Å². The Bertz CT molecular complexity index is 552. The summed E-state index contributed by atoms with van der Waals surface area (Å²) in [5.41, 5.74) is -0.714. The first-order valence-electron chi connectivity index (χ1n) is 9.98. The average molecular weight is 400 g/mol. The van der Waals surface area contributed by atoms with E-state index in [-0.39, 0.29) is 17.6 Å². The van der Waals surface area contributed by atoms with Gasteiger partial charge in [-0.05, 0) is 25.7 Å². The molecule has 7 heteroatoms. The third-order valence-corrected chi connectivity index (χ3v) is 6.86. The van der Waals surface area contributed by atoms with Crippen LogP contribution in [0.15, 0.2) is 17.1 Å². The predicted octanol–water partition coefficient (Wildman–Crippen LogP) is 3.37. The predicted molar refractivity (Wildman–Crippen MR) is 108 cm³/mol. The molecule has 0 radical (unpaired) electrons. The van der Waals surface area contributed by atoms with E-state index in [1.54, 1.807) is 24.9 Å². The molecule has 0 aromatic carbocycles. The lowest BCUT2D eigenvalue weighted by Gasteiger charge is -2.25. The molecule has 5 atom stereocenters. The van der Waals surface area contributed by atoms with E-state index in [4.69, 9.17) is 14.8 Å². The first-order chi connectivity index (χ1) is 12.9. The van der Waals surface area contributed by atoms with Gasteiger partial charge in [0.1, 0.15) is 0 Å². The zero-order chi connectivity index (χ0) is 19.9. The second kappa shape index (κ2) is 10.6. The summed E-state index contributed by atoms with van der Waals surface area (Å²) < 4.78 is 5.73. The van der Waals surface area contributed by atoms with Gasteiger partial charge in [-0.1, -0.05) is 38.3 Å². The molecule has 27 heavy (non-hydrogen) atoms.